The Balaban J connectivity index is 3.44. The quantitative estimate of drug-likeness (QED) is 0.662. The third-order valence-corrected chi connectivity index (χ3v) is 14.1. The van der Waals surface area contributed by atoms with Gasteiger partial charge in [0, 0.05) is 0 Å². The standard InChI is InChI=1S/C5H12N.2C3H7.In/c1-4-5-6(2)3;2*1-3-2;/h1,4-5H2,2-3H3;2*1,3H2,2H3;. The number of hydrogen-bond acceptors (Lipinski definition) is 1. The van der Waals surface area contributed by atoms with E-state index in [0.717, 1.165) is 0 Å². The van der Waals surface area contributed by atoms with Gasteiger partial charge in [-0.2, -0.15) is 0 Å². The molecule has 0 rings (SSSR count). The average molecular weight is 287 g/mol. The van der Waals surface area contributed by atoms with Crippen molar-refractivity contribution in [3.63, 3.8) is 0 Å². The van der Waals surface area contributed by atoms with E-state index in [4.69, 9.17) is 0 Å². The number of nitrogens with zero attached hydrogens (tertiary/aromatic N) is 1. The van der Waals surface area contributed by atoms with Crippen LogP contribution in [0, 0.1) is 0 Å². The second-order valence-corrected chi connectivity index (χ2v) is 14.3. The van der Waals surface area contributed by atoms with E-state index in [1.54, 1.807) is 12.5 Å². The molecule has 0 amide bonds. The Morgan fingerprint density at radius 3 is 1.85 bits per heavy atom. The molecule has 0 fully saturated rings. The molecular formula is C11H26InN. The SMILES string of the molecule is CC[CH2][In]([CH2]CC)[CH2]CCN(C)C. The molecule has 0 unspecified atom stereocenters. The second kappa shape index (κ2) is 9.39. The van der Waals surface area contributed by atoms with Crippen LogP contribution < -0.4 is 0 Å². The van der Waals surface area contributed by atoms with Crippen molar-refractivity contribution < 1.29 is 0 Å². The molecule has 0 aliphatic heterocycles. The van der Waals surface area contributed by atoms with Crippen LogP contribution in [0.3, 0.4) is 0 Å². The second-order valence-electron chi connectivity index (χ2n) is 4.39. The fourth-order valence-corrected chi connectivity index (χ4v) is 11.2. The van der Waals surface area contributed by atoms with Crippen molar-refractivity contribution in [3.05, 3.63) is 0 Å². The van der Waals surface area contributed by atoms with E-state index in [1.165, 1.54) is 25.8 Å². The summed E-state index contributed by atoms with van der Waals surface area (Å²) in [7, 11) is 4.37. The summed E-state index contributed by atoms with van der Waals surface area (Å²) in [6.07, 6.45) is 4.36. The Hall–Kier alpha value is 0.830. The summed E-state index contributed by atoms with van der Waals surface area (Å²) in [6.45, 7) is 6.01. The van der Waals surface area contributed by atoms with Gasteiger partial charge < -0.3 is 0 Å². The molecule has 0 radical (unpaired) electrons. The summed E-state index contributed by atoms with van der Waals surface area (Å²) >= 11 is -0.992. The fourth-order valence-electron chi connectivity index (χ4n) is 1.95. The van der Waals surface area contributed by atoms with Crippen LogP contribution in [0.5, 0.6) is 0 Å². The number of hydrogen-bond donors (Lipinski definition) is 0. The minimum absolute atomic E-state index is 0.992. The molecule has 13 heavy (non-hydrogen) atoms. The zero-order valence-electron chi connectivity index (χ0n) is 9.97. The third kappa shape index (κ3) is 9.14. The Bertz CT molecular complexity index is 98.3. The van der Waals surface area contributed by atoms with Gasteiger partial charge in [0.15, 0.2) is 0 Å². The molecule has 2 heteroatoms. The molecule has 1 nitrogen and oxygen atoms in total. The van der Waals surface area contributed by atoms with E-state index in [-0.39, 0.29) is 0 Å². The summed E-state index contributed by atoms with van der Waals surface area (Å²) in [4.78, 5) is 2.32. The first kappa shape index (κ1) is 13.8. The van der Waals surface area contributed by atoms with Crippen molar-refractivity contribution in [2.24, 2.45) is 0 Å². The van der Waals surface area contributed by atoms with Gasteiger partial charge in [0.2, 0.25) is 0 Å². The van der Waals surface area contributed by atoms with Gasteiger partial charge in [-0.25, -0.2) is 0 Å². The molecule has 0 spiro atoms. The van der Waals surface area contributed by atoms with Crippen LogP contribution in [0.2, 0.25) is 12.5 Å². The number of rotatable bonds is 8. The molecule has 0 aliphatic carbocycles. The molecular weight excluding hydrogens is 261 g/mol. The van der Waals surface area contributed by atoms with Gasteiger partial charge in [-0.15, -0.1) is 0 Å². The first-order valence-corrected chi connectivity index (χ1v) is 12.8. The van der Waals surface area contributed by atoms with Crippen LogP contribution >= 0.6 is 0 Å². The summed E-state index contributed by atoms with van der Waals surface area (Å²) < 4.78 is 4.92. The predicted octanol–water partition coefficient (Wildman–Crippen LogP) is 3.25. The molecule has 0 aromatic rings. The van der Waals surface area contributed by atoms with Gasteiger partial charge in [0.1, 0.15) is 0 Å². The van der Waals surface area contributed by atoms with Gasteiger partial charge in [-0.1, -0.05) is 0 Å². The van der Waals surface area contributed by atoms with E-state index in [2.05, 4.69) is 32.8 Å². The van der Waals surface area contributed by atoms with Crippen molar-refractivity contribution in [3.8, 4) is 0 Å². The van der Waals surface area contributed by atoms with Gasteiger partial charge >= 0.3 is 92.6 Å². The van der Waals surface area contributed by atoms with Crippen molar-refractivity contribution in [2.45, 2.75) is 45.6 Å². The topological polar surface area (TPSA) is 3.24 Å². The van der Waals surface area contributed by atoms with Crippen molar-refractivity contribution >= 4 is 21.4 Å². The van der Waals surface area contributed by atoms with E-state index in [0.29, 0.717) is 0 Å². The van der Waals surface area contributed by atoms with Crippen LogP contribution in [0.1, 0.15) is 33.1 Å². The molecule has 0 heterocycles. The normalized spacial score (nSPS) is 10.8. The van der Waals surface area contributed by atoms with Crippen LogP contribution in [0.25, 0.3) is 0 Å². The molecule has 0 saturated carbocycles. The maximum atomic E-state index is 2.35. The molecule has 0 atom stereocenters. The molecule has 0 bridgehead atoms. The van der Waals surface area contributed by atoms with Crippen molar-refractivity contribution in [1.29, 1.82) is 0 Å². The van der Waals surface area contributed by atoms with Crippen LogP contribution in [0.4, 0.5) is 0 Å². The average Bonchev–Trinajstić information content (AvgIpc) is 2.04. The summed E-state index contributed by atoms with van der Waals surface area (Å²) in [5.41, 5.74) is 0. The van der Waals surface area contributed by atoms with Crippen LogP contribution in [0.15, 0.2) is 0 Å². The summed E-state index contributed by atoms with van der Waals surface area (Å²) in [5, 5.41) is 0. The molecule has 78 valence electrons. The fraction of sp³-hybridized carbons (Fsp3) is 1.00. The minimum atomic E-state index is -0.992. The zero-order valence-corrected chi connectivity index (χ0v) is 13.3. The van der Waals surface area contributed by atoms with Gasteiger partial charge in [-0.05, 0) is 0 Å². The molecule has 0 saturated heterocycles. The Kier molecular flexibility index (Phi) is 9.99. The van der Waals surface area contributed by atoms with Crippen molar-refractivity contribution in [1.82, 2.24) is 4.90 Å². The first-order valence-electron chi connectivity index (χ1n) is 5.85. The Morgan fingerprint density at radius 1 is 0.923 bits per heavy atom. The van der Waals surface area contributed by atoms with Crippen LogP contribution in [-0.2, 0) is 0 Å². The van der Waals surface area contributed by atoms with E-state index in [9.17, 15) is 0 Å². The monoisotopic (exact) mass is 287 g/mol. The van der Waals surface area contributed by atoms with E-state index in [1.807, 2.05) is 0 Å². The molecule has 0 N–H and O–H groups in total. The molecule has 0 aromatic carbocycles. The summed E-state index contributed by atoms with van der Waals surface area (Å²) in [6, 6.07) is 0. The van der Waals surface area contributed by atoms with Gasteiger partial charge in [0.25, 0.3) is 0 Å². The first-order chi connectivity index (χ1) is 6.20. The molecule has 0 aliphatic rings. The molecule has 0 aromatic heterocycles. The van der Waals surface area contributed by atoms with Gasteiger partial charge in [0.05, 0.1) is 0 Å². The van der Waals surface area contributed by atoms with Crippen molar-refractivity contribution in [2.75, 3.05) is 20.6 Å². The maximum absolute atomic E-state index is 2.35. The predicted molar refractivity (Wildman–Crippen MR) is 63.9 cm³/mol. The Labute approximate surface area is 92.4 Å². The zero-order chi connectivity index (χ0) is 10.1. The van der Waals surface area contributed by atoms with E-state index >= 15 is 0 Å². The summed E-state index contributed by atoms with van der Waals surface area (Å²) in [5.74, 6) is 0. The van der Waals surface area contributed by atoms with E-state index < -0.39 is 21.4 Å². The van der Waals surface area contributed by atoms with Gasteiger partial charge in [-0.3, -0.25) is 0 Å². The Morgan fingerprint density at radius 2 is 1.46 bits per heavy atom. The van der Waals surface area contributed by atoms with Crippen LogP contribution in [-0.4, -0.2) is 47.0 Å². The third-order valence-electron chi connectivity index (χ3n) is 2.61.